The van der Waals surface area contributed by atoms with Gasteiger partial charge in [-0.15, -0.1) is 6.58 Å². The molecule has 0 bridgehead atoms. The fourth-order valence-electron chi connectivity index (χ4n) is 3.56. The molecule has 1 heterocycles. The van der Waals surface area contributed by atoms with Gasteiger partial charge in [0, 0.05) is 28.7 Å². The molecule has 0 N–H and O–H groups in total. The third-order valence-electron chi connectivity index (χ3n) is 4.62. The largest absolute Gasteiger partial charge is 0.496 e. The molecule has 3 rings (SSSR count). The van der Waals surface area contributed by atoms with Crippen LogP contribution in [0, 0.1) is 0 Å². The second-order valence-electron chi connectivity index (χ2n) is 6.80. The number of rotatable bonds is 5. The first-order valence-electron chi connectivity index (χ1n) is 8.49. The van der Waals surface area contributed by atoms with Crippen molar-refractivity contribution < 1.29 is 4.74 Å². The number of ether oxygens (including phenoxy) is 1. The molecule has 1 aromatic heterocycles. The highest BCUT2D eigenvalue weighted by atomic mass is 32.2. The number of nitrogens with zero attached hydrogens (tertiary/aromatic N) is 2. The predicted molar refractivity (Wildman–Crippen MR) is 104 cm³/mol. The highest BCUT2D eigenvalue weighted by molar-refractivity contribution is 7.99. The lowest BCUT2D eigenvalue weighted by Gasteiger charge is -2.34. The summed E-state index contributed by atoms with van der Waals surface area (Å²) < 4.78 is 7.30. The summed E-state index contributed by atoms with van der Waals surface area (Å²) in [6.07, 6.45) is 2.51. The van der Waals surface area contributed by atoms with Crippen LogP contribution in [0.25, 0.3) is 11.3 Å². The van der Waals surface area contributed by atoms with Crippen LogP contribution >= 0.6 is 11.8 Å². The Hall–Kier alpha value is -2.01. The van der Waals surface area contributed by atoms with Crippen molar-refractivity contribution in [2.75, 3.05) is 12.9 Å². The van der Waals surface area contributed by atoms with Crippen LogP contribution in [0.2, 0.25) is 0 Å². The molecule has 1 aliphatic rings. The van der Waals surface area contributed by atoms with E-state index >= 15 is 0 Å². The van der Waals surface area contributed by atoms with Crippen LogP contribution in [-0.2, 0) is 18.4 Å². The van der Waals surface area contributed by atoms with E-state index in [1.54, 1.807) is 29.5 Å². The molecule has 25 heavy (non-hydrogen) atoms. The van der Waals surface area contributed by atoms with Gasteiger partial charge in [-0.25, -0.2) is 4.98 Å². The van der Waals surface area contributed by atoms with Crippen molar-refractivity contribution in [3.05, 3.63) is 52.3 Å². The van der Waals surface area contributed by atoms with Gasteiger partial charge in [-0.2, -0.15) is 0 Å². The summed E-state index contributed by atoms with van der Waals surface area (Å²) in [6, 6.07) is 5.97. The smallest absolute Gasteiger partial charge is 0.258 e. The van der Waals surface area contributed by atoms with Gasteiger partial charge in [0.25, 0.3) is 5.56 Å². The lowest BCUT2D eigenvalue weighted by atomic mass is 9.72. The summed E-state index contributed by atoms with van der Waals surface area (Å²) in [7, 11) is 1.69. The maximum atomic E-state index is 13.3. The third-order valence-corrected chi connectivity index (χ3v) is 5.48. The number of allylic oxidation sites excluding steroid dienone is 1. The van der Waals surface area contributed by atoms with Gasteiger partial charge in [0.05, 0.1) is 12.8 Å². The van der Waals surface area contributed by atoms with Gasteiger partial charge < -0.3 is 4.74 Å². The van der Waals surface area contributed by atoms with Crippen molar-refractivity contribution in [2.45, 2.75) is 44.3 Å². The monoisotopic (exact) mass is 356 g/mol. The van der Waals surface area contributed by atoms with E-state index in [4.69, 9.17) is 9.72 Å². The van der Waals surface area contributed by atoms with Gasteiger partial charge in [-0.3, -0.25) is 9.36 Å². The van der Waals surface area contributed by atoms with Crippen molar-refractivity contribution in [2.24, 2.45) is 0 Å². The van der Waals surface area contributed by atoms with E-state index in [1.165, 1.54) is 0 Å². The fraction of sp³-hybridized carbons (Fsp3) is 0.400. The molecule has 0 amide bonds. The summed E-state index contributed by atoms with van der Waals surface area (Å²) in [4.78, 5) is 18.2. The minimum atomic E-state index is -0.306. The van der Waals surface area contributed by atoms with Gasteiger partial charge in [0.2, 0.25) is 0 Å². The highest BCUT2D eigenvalue weighted by Gasteiger charge is 2.37. The Kier molecular flexibility index (Phi) is 4.78. The molecule has 5 heteroatoms. The lowest BCUT2D eigenvalue weighted by molar-refractivity contribution is 0.399. The van der Waals surface area contributed by atoms with Gasteiger partial charge in [-0.05, 0) is 18.2 Å². The molecule has 0 atom stereocenters. The van der Waals surface area contributed by atoms with Crippen LogP contribution in [0.15, 0.2) is 40.8 Å². The average molecular weight is 356 g/mol. The van der Waals surface area contributed by atoms with E-state index in [0.29, 0.717) is 6.54 Å². The molecule has 0 radical (unpaired) electrons. The Bertz CT molecular complexity index is 884. The van der Waals surface area contributed by atoms with Crippen LogP contribution in [0.3, 0.4) is 0 Å². The molecule has 0 unspecified atom stereocenters. The van der Waals surface area contributed by atoms with Crippen molar-refractivity contribution in [3.8, 4) is 17.0 Å². The molecule has 2 aromatic rings. The average Bonchev–Trinajstić information content (AvgIpc) is 2.57. The Labute approximate surface area is 152 Å². The molecule has 4 nitrogen and oxygen atoms in total. The lowest BCUT2D eigenvalue weighted by Crippen LogP contribution is -2.38. The van der Waals surface area contributed by atoms with Crippen LogP contribution in [-0.4, -0.2) is 22.4 Å². The third kappa shape index (κ3) is 2.91. The summed E-state index contributed by atoms with van der Waals surface area (Å²) >= 11 is 1.59. The summed E-state index contributed by atoms with van der Waals surface area (Å²) in [5, 5.41) is 0.748. The summed E-state index contributed by atoms with van der Waals surface area (Å²) in [5.74, 6) is 1.72. The quantitative estimate of drug-likeness (QED) is 0.460. The van der Waals surface area contributed by atoms with Gasteiger partial charge in [0.15, 0.2) is 5.16 Å². The molecule has 0 saturated carbocycles. The zero-order chi connectivity index (χ0) is 18.2. The Morgan fingerprint density at radius 1 is 1.44 bits per heavy atom. The summed E-state index contributed by atoms with van der Waals surface area (Å²) in [5.41, 5.74) is 3.46. The minimum Gasteiger partial charge on any atom is -0.496 e. The number of hydrogen-bond donors (Lipinski definition) is 0. The zero-order valence-electron chi connectivity index (χ0n) is 15.3. The second kappa shape index (κ2) is 6.71. The molecule has 0 saturated heterocycles. The number of benzene rings is 1. The van der Waals surface area contributed by atoms with Gasteiger partial charge in [0.1, 0.15) is 5.75 Å². The zero-order valence-corrected chi connectivity index (χ0v) is 16.1. The predicted octanol–water partition coefficient (Wildman–Crippen LogP) is 4.05. The Morgan fingerprint density at radius 3 is 2.84 bits per heavy atom. The number of methoxy groups -OCH3 is 1. The standard InChI is InChI=1S/C20H24N2O2S/c1-6-11-22-18(23)16-17(21-19(22)25-7-2)13-9-8-10-15(24-5)14(13)12-20(16,3)4/h6,8-10H,1,7,11-12H2,2-5H3. The van der Waals surface area contributed by atoms with E-state index < -0.39 is 0 Å². The van der Waals surface area contributed by atoms with Crippen LogP contribution in [0.4, 0.5) is 0 Å². The van der Waals surface area contributed by atoms with Gasteiger partial charge in [-0.1, -0.05) is 50.7 Å². The number of hydrogen-bond acceptors (Lipinski definition) is 4. The van der Waals surface area contributed by atoms with E-state index in [-0.39, 0.29) is 11.0 Å². The Morgan fingerprint density at radius 2 is 2.20 bits per heavy atom. The normalized spacial score (nSPS) is 14.6. The summed E-state index contributed by atoms with van der Waals surface area (Å²) in [6.45, 7) is 10.5. The number of fused-ring (bicyclic) bond motifs is 3. The maximum absolute atomic E-state index is 13.3. The van der Waals surface area contributed by atoms with Crippen molar-refractivity contribution >= 4 is 11.8 Å². The van der Waals surface area contributed by atoms with Crippen molar-refractivity contribution in [1.82, 2.24) is 9.55 Å². The first kappa shape index (κ1) is 17.8. The topological polar surface area (TPSA) is 44.1 Å². The van der Waals surface area contributed by atoms with Crippen LogP contribution in [0.1, 0.15) is 31.9 Å². The van der Waals surface area contributed by atoms with Crippen LogP contribution in [0.5, 0.6) is 5.75 Å². The first-order chi connectivity index (χ1) is 11.9. The number of thioether (sulfide) groups is 1. The molecular formula is C20H24N2O2S. The Balaban J connectivity index is 2.38. The molecule has 0 fully saturated rings. The first-order valence-corrected chi connectivity index (χ1v) is 9.48. The molecule has 0 spiro atoms. The molecule has 0 aliphatic heterocycles. The maximum Gasteiger partial charge on any atom is 0.258 e. The van der Waals surface area contributed by atoms with Gasteiger partial charge >= 0.3 is 0 Å². The SMILES string of the molecule is C=CCn1c(SCC)nc2c(c1=O)C(C)(C)Cc1c(OC)cccc1-2. The number of aromatic nitrogens is 2. The van der Waals surface area contributed by atoms with Crippen molar-refractivity contribution in [1.29, 1.82) is 0 Å². The highest BCUT2D eigenvalue weighted by Crippen LogP contribution is 2.44. The molecule has 1 aromatic carbocycles. The molecular weight excluding hydrogens is 332 g/mol. The molecule has 132 valence electrons. The van der Waals surface area contributed by atoms with E-state index in [1.807, 2.05) is 18.2 Å². The van der Waals surface area contributed by atoms with E-state index in [0.717, 1.165) is 45.5 Å². The molecule has 1 aliphatic carbocycles. The van der Waals surface area contributed by atoms with E-state index in [9.17, 15) is 4.79 Å². The second-order valence-corrected chi connectivity index (χ2v) is 8.03. The minimum absolute atomic E-state index is 0.0410. The van der Waals surface area contributed by atoms with Crippen molar-refractivity contribution in [3.63, 3.8) is 0 Å². The van der Waals surface area contributed by atoms with E-state index in [2.05, 4.69) is 27.4 Å². The fourth-order valence-corrected chi connectivity index (χ4v) is 4.29. The van der Waals surface area contributed by atoms with Crippen LogP contribution < -0.4 is 10.3 Å².